The summed E-state index contributed by atoms with van der Waals surface area (Å²) in [7, 11) is 0. The van der Waals surface area contributed by atoms with Crippen LogP contribution in [0.3, 0.4) is 0 Å². The topological polar surface area (TPSA) is 32.3 Å². The molecular weight excluding hydrogens is 219 g/mol. The third-order valence-electron chi connectivity index (χ3n) is 2.83. The predicted molar refractivity (Wildman–Crippen MR) is 63.7 cm³/mol. The third kappa shape index (κ3) is 2.64. The largest absolute Gasteiger partial charge is 0.322 e. The number of nitrogens with one attached hydrogen (secondary N) is 1. The van der Waals surface area contributed by atoms with Gasteiger partial charge in [-0.25, -0.2) is 4.39 Å². The van der Waals surface area contributed by atoms with Crippen molar-refractivity contribution in [3.63, 3.8) is 0 Å². The van der Waals surface area contributed by atoms with E-state index in [1.807, 2.05) is 4.90 Å². The summed E-state index contributed by atoms with van der Waals surface area (Å²) in [5.74, 6) is 0.267. The minimum atomic E-state index is -0.256. The van der Waals surface area contributed by atoms with Crippen molar-refractivity contribution in [3.8, 4) is 0 Å². The van der Waals surface area contributed by atoms with Gasteiger partial charge in [0.05, 0.1) is 6.54 Å². The molecule has 4 heteroatoms. The Hall–Kier alpha value is -1.42. The highest BCUT2D eigenvalue weighted by Gasteiger charge is 2.31. The molecule has 0 aromatic heterocycles. The van der Waals surface area contributed by atoms with Crippen molar-refractivity contribution in [2.45, 2.75) is 20.0 Å². The van der Waals surface area contributed by atoms with Crippen LogP contribution in [-0.4, -0.2) is 23.9 Å². The van der Waals surface area contributed by atoms with Gasteiger partial charge in [-0.3, -0.25) is 10.1 Å². The van der Waals surface area contributed by atoms with Gasteiger partial charge in [-0.05, 0) is 23.6 Å². The van der Waals surface area contributed by atoms with Gasteiger partial charge in [-0.2, -0.15) is 0 Å². The first kappa shape index (κ1) is 12.0. The smallest absolute Gasteiger partial charge is 0.238 e. The molecule has 0 spiro atoms. The van der Waals surface area contributed by atoms with E-state index in [2.05, 4.69) is 19.2 Å². The number of halogens is 1. The molecule has 0 radical (unpaired) electrons. The molecule has 1 unspecified atom stereocenters. The van der Waals surface area contributed by atoms with Gasteiger partial charge in [0.15, 0.2) is 0 Å². The summed E-state index contributed by atoms with van der Waals surface area (Å²) in [5, 5.41) is 3.15. The maximum Gasteiger partial charge on any atom is 0.238 e. The molecule has 1 aromatic carbocycles. The number of carbonyl (C=O) groups is 1. The molecule has 3 nitrogen and oxygen atoms in total. The number of benzene rings is 1. The maximum atomic E-state index is 12.9. The normalized spacial score (nSPS) is 20.4. The second-order valence-electron chi connectivity index (χ2n) is 4.77. The molecular formula is C13H17FN2O. The van der Waals surface area contributed by atoms with E-state index in [1.165, 1.54) is 12.1 Å². The van der Waals surface area contributed by atoms with Crippen LogP contribution in [0.2, 0.25) is 0 Å². The SMILES string of the molecule is CC(C)CN1C(=O)CNC1c1ccc(F)cc1. The zero-order valence-electron chi connectivity index (χ0n) is 10.1. The van der Waals surface area contributed by atoms with Gasteiger partial charge >= 0.3 is 0 Å². The van der Waals surface area contributed by atoms with Crippen LogP contribution in [0.15, 0.2) is 24.3 Å². The van der Waals surface area contributed by atoms with Gasteiger partial charge in [-0.1, -0.05) is 26.0 Å². The van der Waals surface area contributed by atoms with E-state index in [9.17, 15) is 9.18 Å². The molecule has 1 aliphatic rings. The average Bonchev–Trinajstić information content (AvgIpc) is 2.61. The molecule has 0 saturated carbocycles. The van der Waals surface area contributed by atoms with E-state index in [1.54, 1.807) is 12.1 Å². The quantitative estimate of drug-likeness (QED) is 0.869. The molecule has 1 amide bonds. The van der Waals surface area contributed by atoms with Crippen molar-refractivity contribution >= 4 is 5.91 Å². The number of hydrogen-bond acceptors (Lipinski definition) is 2. The van der Waals surface area contributed by atoms with Crippen LogP contribution >= 0.6 is 0 Å². The summed E-state index contributed by atoms with van der Waals surface area (Å²) in [6.07, 6.45) is -0.120. The molecule has 92 valence electrons. The fourth-order valence-corrected chi connectivity index (χ4v) is 2.08. The summed E-state index contributed by atoms with van der Waals surface area (Å²) in [5.41, 5.74) is 0.929. The molecule has 1 fully saturated rings. The Balaban J connectivity index is 2.19. The Morgan fingerprint density at radius 2 is 2.06 bits per heavy atom. The van der Waals surface area contributed by atoms with Gasteiger partial charge in [0, 0.05) is 6.54 Å². The molecule has 1 heterocycles. The summed E-state index contributed by atoms with van der Waals surface area (Å²) in [6, 6.07) is 6.29. The van der Waals surface area contributed by atoms with E-state index in [0.29, 0.717) is 19.0 Å². The minimum absolute atomic E-state index is 0.105. The van der Waals surface area contributed by atoms with Crippen molar-refractivity contribution in [3.05, 3.63) is 35.6 Å². The Labute approximate surface area is 101 Å². The number of amides is 1. The highest BCUT2D eigenvalue weighted by molar-refractivity contribution is 5.80. The average molecular weight is 236 g/mol. The summed E-state index contributed by atoms with van der Waals surface area (Å²) in [6.45, 7) is 5.23. The second-order valence-corrected chi connectivity index (χ2v) is 4.77. The summed E-state index contributed by atoms with van der Waals surface area (Å²) >= 11 is 0. The van der Waals surface area contributed by atoms with Gasteiger partial charge in [-0.15, -0.1) is 0 Å². The van der Waals surface area contributed by atoms with Crippen LogP contribution in [0.1, 0.15) is 25.6 Å². The van der Waals surface area contributed by atoms with E-state index in [0.717, 1.165) is 5.56 Å². The first-order valence-corrected chi connectivity index (χ1v) is 5.86. The number of carbonyl (C=O) groups excluding carboxylic acids is 1. The fourth-order valence-electron chi connectivity index (χ4n) is 2.08. The zero-order valence-corrected chi connectivity index (χ0v) is 10.1. The molecule has 0 aliphatic carbocycles. The number of nitrogens with zero attached hydrogens (tertiary/aromatic N) is 1. The van der Waals surface area contributed by atoms with E-state index >= 15 is 0 Å². The molecule has 1 N–H and O–H groups in total. The van der Waals surface area contributed by atoms with E-state index in [-0.39, 0.29) is 17.9 Å². The molecule has 1 saturated heterocycles. The minimum Gasteiger partial charge on any atom is -0.322 e. The highest BCUT2D eigenvalue weighted by atomic mass is 19.1. The predicted octanol–water partition coefficient (Wildman–Crippen LogP) is 1.91. The van der Waals surface area contributed by atoms with Crippen LogP contribution in [0, 0.1) is 11.7 Å². The number of hydrogen-bond donors (Lipinski definition) is 1. The summed E-state index contributed by atoms with van der Waals surface area (Å²) in [4.78, 5) is 13.6. The Bertz CT molecular complexity index is 402. The fraction of sp³-hybridized carbons (Fsp3) is 0.462. The Morgan fingerprint density at radius 1 is 1.41 bits per heavy atom. The van der Waals surface area contributed by atoms with Crippen molar-refractivity contribution in [2.75, 3.05) is 13.1 Å². The lowest BCUT2D eigenvalue weighted by atomic mass is 10.1. The van der Waals surface area contributed by atoms with Crippen molar-refractivity contribution in [1.82, 2.24) is 10.2 Å². The summed E-state index contributed by atoms with van der Waals surface area (Å²) < 4.78 is 12.9. The van der Waals surface area contributed by atoms with Crippen LogP contribution in [0.25, 0.3) is 0 Å². The van der Waals surface area contributed by atoms with Gasteiger partial charge in [0.25, 0.3) is 0 Å². The van der Waals surface area contributed by atoms with E-state index < -0.39 is 0 Å². The third-order valence-corrected chi connectivity index (χ3v) is 2.83. The molecule has 0 bridgehead atoms. The van der Waals surface area contributed by atoms with Crippen LogP contribution in [0.5, 0.6) is 0 Å². The first-order chi connectivity index (χ1) is 8.08. The standard InChI is InChI=1S/C13H17FN2O/c1-9(2)8-16-12(17)7-15-13(16)10-3-5-11(14)6-4-10/h3-6,9,13,15H,7-8H2,1-2H3. The van der Waals surface area contributed by atoms with Gasteiger partial charge < -0.3 is 4.90 Å². The molecule has 2 rings (SSSR count). The number of rotatable bonds is 3. The highest BCUT2D eigenvalue weighted by Crippen LogP contribution is 2.23. The second kappa shape index (κ2) is 4.84. The van der Waals surface area contributed by atoms with Gasteiger partial charge in [0.1, 0.15) is 12.0 Å². The molecule has 17 heavy (non-hydrogen) atoms. The van der Waals surface area contributed by atoms with Gasteiger partial charge in [0.2, 0.25) is 5.91 Å². The zero-order chi connectivity index (χ0) is 12.4. The molecule has 1 atom stereocenters. The lowest BCUT2D eigenvalue weighted by Gasteiger charge is -2.26. The van der Waals surface area contributed by atoms with Crippen molar-refractivity contribution < 1.29 is 9.18 Å². The van der Waals surface area contributed by atoms with E-state index in [4.69, 9.17) is 0 Å². The first-order valence-electron chi connectivity index (χ1n) is 5.86. The lowest BCUT2D eigenvalue weighted by Crippen LogP contribution is -2.33. The maximum absolute atomic E-state index is 12.9. The van der Waals surface area contributed by atoms with Crippen LogP contribution in [0.4, 0.5) is 4.39 Å². The van der Waals surface area contributed by atoms with Crippen LogP contribution < -0.4 is 5.32 Å². The Morgan fingerprint density at radius 3 is 2.65 bits per heavy atom. The van der Waals surface area contributed by atoms with Crippen molar-refractivity contribution in [1.29, 1.82) is 0 Å². The van der Waals surface area contributed by atoms with Crippen molar-refractivity contribution in [2.24, 2.45) is 5.92 Å². The van der Waals surface area contributed by atoms with Crippen LogP contribution in [-0.2, 0) is 4.79 Å². The molecule has 1 aliphatic heterocycles. The molecule has 1 aromatic rings. The monoisotopic (exact) mass is 236 g/mol. The Kier molecular flexibility index (Phi) is 3.43. The lowest BCUT2D eigenvalue weighted by molar-refractivity contribution is -0.128.